The third-order valence-corrected chi connectivity index (χ3v) is 4.59. The summed E-state index contributed by atoms with van der Waals surface area (Å²) in [6, 6.07) is 0. The van der Waals surface area contributed by atoms with E-state index < -0.39 is 0 Å². The lowest BCUT2D eigenvalue weighted by atomic mass is 10.1. The lowest BCUT2D eigenvalue weighted by Gasteiger charge is -2.36. The average Bonchev–Trinajstić information content (AvgIpc) is 3.05. The minimum absolute atomic E-state index is 0.0634. The van der Waals surface area contributed by atoms with E-state index in [0.29, 0.717) is 45.6 Å². The maximum absolute atomic E-state index is 12.3. The second-order valence-corrected chi connectivity index (χ2v) is 6.27. The molecule has 1 N–H and O–H groups in total. The van der Waals surface area contributed by atoms with Gasteiger partial charge in [0.05, 0.1) is 0 Å². The van der Waals surface area contributed by atoms with Crippen molar-refractivity contribution in [3.8, 4) is 0 Å². The molecule has 1 aliphatic carbocycles. The van der Waals surface area contributed by atoms with Gasteiger partial charge in [0.15, 0.2) is 0 Å². The van der Waals surface area contributed by atoms with Crippen molar-refractivity contribution in [2.75, 3.05) is 32.7 Å². The molecule has 1 saturated heterocycles. The smallest absolute Gasteiger partial charge is 0.225 e. The number of hydrogen-bond donors (Lipinski definition) is 1. The highest BCUT2D eigenvalue weighted by atomic mass is 16.2. The van der Waals surface area contributed by atoms with E-state index in [2.05, 4.69) is 5.32 Å². The Morgan fingerprint density at radius 2 is 1.59 bits per heavy atom. The summed E-state index contributed by atoms with van der Waals surface area (Å²) in [6.07, 6.45) is 5.52. The van der Waals surface area contributed by atoms with E-state index >= 15 is 0 Å². The Labute approximate surface area is 132 Å². The molecular weight excluding hydrogens is 282 g/mol. The summed E-state index contributed by atoms with van der Waals surface area (Å²) >= 11 is 0. The molecule has 3 amide bonds. The molecule has 0 aromatic heterocycles. The Balaban J connectivity index is 1.66. The highest BCUT2D eigenvalue weighted by molar-refractivity contribution is 5.80. The first-order valence-electron chi connectivity index (χ1n) is 8.39. The maximum atomic E-state index is 12.3. The van der Waals surface area contributed by atoms with Crippen LogP contribution in [0.3, 0.4) is 0 Å². The van der Waals surface area contributed by atoms with Crippen molar-refractivity contribution in [1.82, 2.24) is 15.1 Å². The van der Waals surface area contributed by atoms with Crippen LogP contribution in [0.1, 0.15) is 45.4 Å². The highest BCUT2D eigenvalue weighted by Gasteiger charge is 2.30. The van der Waals surface area contributed by atoms with E-state index in [1.54, 1.807) is 0 Å². The second-order valence-electron chi connectivity index (χ2n) is 6.27. The van der Waals surface area contributed by atoms with Gasteiger partial charge < -0.3 is 15.1 Å². The van der Waals surface area contributed by atoms with Gasteiger partial charge in [-0.25, -0.2) is 0 Å². The Kier molecular flexibility index (Phi) is 6.21. The predicted molar refractivity (Wildman–Crippen MR) is 83.0 cm³/mol. The van der Waals surface area contributed by atoms with Gasteiger partial charge in [-0.15, -0.1) is 0 Å². The van der Waals surface area contributed by atoms with Gasteiger partial charge in [-0.05, 0) is 19.3 Å². The van der Waals surface area contributed by atoms with Crippen LogP contribution in [0, 0.1) is 5.92 Å². The van der Waals surface area contributed by atoms with E-state index in [4.69, 9.17) is 0 Å². The topological polar surface area (TPSA) is 69.7 Å². The number of nitrogens with one attached hydrogen (secondary N) is 1. The standard InChI is InChI=1S/C16H27N3O3/c1-13(20)17-8-4-7-15(21)18-9-11-19(12-10-18)16(22)14-5-2-3-6-14/h14H,2-12H2,1H3,(H,17,20). The molecule has 2 aliphatic rings. The molecule has 0 aromatic rings. The molecule has 0 spiro atoms. The molecule has 1 aliphatic heterocycles. The highest BCUT2D eigenvalue weighted by Crippen LogP contribution is 2.26. The van der Waals surface area contributed by atoms with Gasteiger partial charge in [-0.2, -0.15) is 0 Å². The van der Waals surface area contributed by atoms with E-state index in [0.717, 1.165) is 12.8 Å². The fourth-order valence-corrected chi connectivity index (χ4v) is 3.27. The third kappa shape index (κ3) is 4.71. The summed E-state index contributed by atoms with van der Waals surface area (Å²) in [6.45, 7) is 4.61. The van der Waals surface area contributed by atoms with Crippen molar-refractivity contribution in [2.45, 2.75) is 45.4 Å². The molecule has 2 rings (SSSR count). The largest absolute Gasteiger partial charge is 0.356 e. The molecule has 0 atom stereocenters. The number of carbonyl (C=O) groups excluding carboxylic acids is 3. The van der Waals surface area contributed by atoms with Crippen LogP contribution < -0.4 is 5.32 Å². The first-order chi connectivity index (χ1) is 10.6. The van der Waals surface area contributed by atoms with Crippen LogP contribution in [0.15, 0.2) is 0 Å². The van der Waals surface area contributed by atoms with E-state index in [1.807, 2.05) is 9.80 Å². The average molecular weight is 309 g/mol. The Hall–Kier alpha value is -1.59. The molecular formula is C16H27N3O3. The number of nitrogens with zero attached hydrogens (tertiary/aromatic N) is 2. The van der Waals surface area contributed by atoms with Gasteiger partial charge in [-0.3, -0.25) is 14.4 Å². The zero-order chi connectivity index (χ0) is 15.9. The van der Waals surface area contributed by atoms with Crippen molar-refractivity contribution < 1.29 is 14.4 Å². The van der Waals surface area contributed by atoms with Crippen LogP contribution in [0.2, 0.25) is 0 Å². The van der Waals surface area contributed by atoms with Crippen molar-refractivity contribution in [3.05, 3.63) is 0 Å². The van der Waals surface area contributed by atoms with Crippen molar-refractivity contribution in [2.24, 2.45) is 5.92 Å². The third-order valence-electron chi connectivity index (χ3n) is 4.59. The molecule has 0 aromatic carbocycles. The first-order valence-corrected chi connectivity index (χ1v) is 8.39. The molecule has 22 heavy (non-hydrogen) atoms. The van der Waals surface area contributed by atoms with Gasteiger partial charge >= 0.3 is 0 Å². The second kappa shape index (κ2) is 8.15. The Bertz CT molecular complexity index is 411. The van der Waals surface area contributed by atoms with Crippen molar-refractivity contribution in [1.29, 1.82) is 0 Å². The lowest BCUT2D eigenvalue weighted by molar-refractivity contribution is -0.142. The van der Waals surface area contributed by atoms with Crippen LogP contribution in [0.4, 0.5) is 0 Å². The van der Waals surface area contributed by atoms with Gasteiger partial charge in [0.25, 0.3) is 0 Å². The van der Waals surface area contributed by atoms with E-state index in [-0.39, 0.29) is 23.6 Å². The Morgan fingerprint density at radius 3 is 2.18 bits per heavy atom. The number of carbonyl (C=O) groups is 3. The minimum atomic E-state index is -0.0634. The van der Waals surface area contributed by atoms with Crippen molar-refractivity contribution in [3.63, 3.8) is 0 Å². The molecule has 0 radical (unpaired) electrons. The molecule has 6 nitrogen and oxygen atoms in total. The van der Waals surface area contributed by atoms with Gasteiger partial charge in [0.2, 0.25) is 17.7 Å². The van der Waals surface area contributed by atoms with Gasteiger partial charge in [-0.1, -0.05) is 12.8 Å². The summed E-state index contributed by atoms with van der Waals surface area (Å²) < 4.78 is 0. The van der Waals surface area contributed by atoms with Gasteiger partial charge in [0.1, 0.15) is 0 Å². The molecule has 124 valence electrons. The van der Waals surface area contributed by atoms with E-state index in [1.165, 1.54) is 19.8 Å². The first kappa shape index (κ1) is 16.8. The Morgan fingerprint density at radius 1 is 1.00 bits per heavy atom. The van der Waals surface area contributed by atoms with Crippen LogP contribution in [0.25, 0.3) is 0 Å². The summed E-state index contributed by atoms with van der Waals surface area (Å²) in [5.74, 6) is 0.569. The van der Waals surface area contributed by atoms with Crippen LogP contribution in [0.5, 0.6) is 0 Å². The quantitative estimate of drug-likeness (QED) is 0.762. The minimum Gasteiger partial charge on any atom is -0.356 e. The maximum Gasteiger partial charge on any atom is 0.225 e. The van der Waals surface area contributed by atoms with E-state index in [9.17, 15) is 14.4 Å². The zero-order valence-corrected chi connectivity index (χ0v) is 13.5. The fourth-order valence-electron chi connectivity index (χ4n) is 3.27. The zero-order valence-electron chi connectivity index (χ0n) is 13.5. The lowest BCUT2D eigenvalue weighted by Crippen LogP contribution is -2.51. The monoisotopic (exact) mass is 309 g/mol. The summed E-state index contributed by atoms with van der Waals surface area (Å²) in [5, 5.41) is 2.69. The van der Waals surface area contributed by atoms with Gasteiger partial charge in [0, 0.05) is 52.0 Å². The number of amides is 3. The summed E-state index contributed by atoms with van der Waals surface area (Å²) in [4.78, 5) is 38.9. The van der Waals surface area contributed by atoms with Crippen LogP contribution in [-0.2, 0) is 14.4 Å². The number of piperazine rings is 1. The summed E-state index contributed by atoms with van der Waals surface area (Å²) in [5.41, 5.74) is 0. The van der Waals surface area contributed by atoms with Crippen LogP contribution in [-0.4, -0.2) is 60.2 Å². The normalized spacial score (nSPS) is 19.3. The molecule has 0 bridgehead atoms. The molecule has 1 heterocycles. The number of hydrogen-bond acceptors (Lipinski definition) is 3. The molecule has 1 saturated carbocycles. The van der Waals surface area contributed by atoms with Crippen molar-refractivity contribution >= 4 is 17.7 Å². The predicted octanol–water partition coefficient (Wildman–Crippen LogP) is 0.764. The summed E-state index contributed by atoms with van der Waals surface area (Å²) in [7, 11) is 0. The van der Waals surface area contributed by atoms with Crippen LogP contribution >= 0.6 is 0 Å². The fraction of sp³-hybridized carbons (Fsp3) is 0.812. The molecule has 0 unspecified atom stereocenters. The SMILES string of the molecule is CC(=O)NCCCC(=O)N1CCN(C(=O)C2CCCC2)CC1. The number of rotatable bonds is 5. The molecule has 2 fully saturated rings. The molecule has 6 heteroatoms.